The van der Waals surface area contributed by atoms with Crippen molar-refractivity contribution in [1.82, 2.24) is 5.06 Å². The summed E-state index contributed by atoms with van der Waals surface area (Å²) in [5.74, 6) is -1.02. The van der Waals surface area contributed by atoms with Gasteiger partial charge in [0.15, 0.2) is 0 Å². The Morgan fingerprint density at radius 3 is 2.26 bits per heavy atom. The van der Waals surface area contributed by atoms with E-state index < -0.39 is 17.8 Å². The van der Waals surface area contributed by atoms with E-state index in [9.17, 15) is 14.4 Å². The van der Waals surface area contributed by atoms with E-state index in [1.54, 1.807) is 48.5 Å². The first-order valence-corrected chi connectivity index (χ1v) is 6.94. The Bertz CT molecular complexity index is 764. The number of esters is 1. The van der Waals surface area contributed by atoms with Crippen molar-refractivity contribution in [3.63, 3.8) is 0 Å². The lowest BCUT2D eigenvalue weighted by Crippen LogP contribution is -2.29. The number of hydroxylamine groups is 2. The maximum absolute atomic E-state index is 12.2. The summed E-state index contributed by atoms with van der Waals surface area (Å²) in [4.78, 5) is 40.6. The molecule has 0 radical (unpaired) electrons. The van der Waals surface area contributed by atoms with Crippen LogP contribution in [0.4, 0.5) is 0 Å². The molecule has 1 heterocycles. The highest BCUT2D eigenvalue weighted by Crippen LogP contribution is 2.23. The molecule has 2 amide bonds. The maximum Gasteiger partial charge on any atom is 0.308 e. The van der Waals surface area contributed by atoms with Gasteiger partial charge in [-0.3, -0.25) is 19.2 Å². The molecule has 0 fully saturated rings. The van der Waals surface area contributed by atoms with Crippen LogP contribution in [0.5, 0.6) is 5.75 Å². The van der Waals surface area contributed by atoms with Gasteiger partial charge in [-0.2, -0.15) is 0 Å². The third kappa shape index (κ3) is 2.97. The largest absolute Gasteiger partial charge is 0.427 e. The third-order valence-electron chi connectivity index (χ3n) is 3.28. The molecule has 0 aliphatic carbocycles. The van der Waals surface area contributed by atoms with Crippen LogP contribution in [-0.4, -0.2) is 22.8 Å². The molecule has 116 valence electrons. The molecule has 23 heavy (non-hydrogen) atoms. The number of carbonyl (C=O) groups excluding carboxylic acids is 3. The van der Waals surface area contributed by atoms with Crippen molar-refractivity contribution in [2.24, 2.45) is 0 Å². The predicted molar refractivity (Wildman–Crippen MR) is 79.5 cm³/mol. The highest BCUT2D eigenvalue weighted by Gasteiger charge is 2.36. The van der Waals surface area contributed by atoms with Gasteiger partial charge in [-0.05, 0) is 29.8 Å². The molecule has 0 unspecified atom stereocenters. The Hall–Kier alpha value is -2.99. The number of carbonyl (C=O) groups is 3. The molecule has 1 aliphatic heterocycles. The Morgan fingerprint density at radius 1 is 1.00 bits per heavy atom. The molecule has 0 spiro atoms. The summed E-state index contributed by atoms with van der Waals surface area (Å²) in [7, 11) is 0. The van der Waals surface area contributed by atoms with Gasteiger partial charge in [0, 0.05) is 6.92 Å². The fraction of sp³-hybridized carbons (Fsp3) is 0.118. The number of hydrogen-bond donors (Lipinski definition) is 0. The number of imide groups is 1. The molecule has 0 saturated carbocycles. The molecule has 0 saturated heterocycles. The molecule has 0 N–H and O–H groups in total. The van der Waals surface area contributed by atoms with Gasteiger partial charge in [0.1, 0.15) is 12.4 Å². The molecule has 2 aromatic rings. The summed E-state index contributed by atoms with van der Waals surface area (Å²) in [6, 6.07) is 13.2. The molecule has 1 aliphatic rings. The van der Waals surface area contributed by atoms with Crippen LogP contribution in [0.15, 0.2) is 48.5 Å². The topological polar surface area (TPSA) is 72.9 Å². The number of amides is 2. The minimum absolute atomic E-state index is 0.000569. The minimum atomic E-state index is -0.484. The number of hydrogen-bond acceptors (Lipinski definition) is 5. The number of fused-ring (bicyclic) bond motifs is 1. The van der Waals surface area contributed by atoms with Gasteiger partial charge in [-0.1, -0.05) is 24.3 Å². The molecule has 0 aromatic heterocycles. The lowest BCUT2D eigenvalue weighted by molar-refractivity contribution is -0.131. The van der Waals surface area contributed by atoms with Crippen molar-refractivity contribution in [3.05, 3.63) is 65.2 Å². The first-order valence-electron chi connectivity index (χ1n) is 6.94. The molecule has 2 aromatic carbocycles. The van der Waals surface area contributed by atoms with Crippen LogP contribution >= 0.6 is 0 Å². The van der Waals surface area contributed by atoms with Crippen LogP contribution in [0.1, 0.15) is 33.2 Å². The lowest BCUT2D eigenvalue weighted by Gasteiger charge is -2.13. The van der Waals surface area contributed by atoms with Gasteiger partial charge in [-0.25, -0.2) is 0 Å². The van der Waals surface area contributed by atoms with Gasteiger partial charge >= 0.3 is 5.97 Å². The van der Waals surface area contributed by atoms with Gasteiger partial charge < -0.3 is 4.74 Å². The number of ether oxygens (including phenoxy) is 1. The zero-order valence-corrected chi connectivity index (χ0v) is 12.3. The smallest absolute Gasteiger partial charge is 0.308 e. The minimum Gasteiger partial charge on any atom is -0.427 e. The second-order valence-electron chi connectivity index (χ2n) is 4.96. The van der Waals surface area contributed by atoms with Crippen molar-refractivity contribution in [3.8, 4) is 5.75 Å². The van der Waals surface area contributed by atoms with E-state index in [4.69, 9.17) is 9.57 Å². The molecular formula is C17H13NO5. The molecule has 6 heteroatoms. The third-order valence-corrected chi connectivity index (χ3v) is 3.28. The molecule has 0 atom stereocenters. The summed E-state index contributed by atoms with van der Waals surface area (Å²) < 4.78 is 4.98. The predicted octanol–water partition coefficient (Wildman–Crippen LogP) is 2.34. The van der Waals surface area contributed by atoms with Gasteiger partial charge in [0.2, 0.25) is 0 Å². The fourth-order valence-electron chi connectivity index (χ4n) is 2.29. The molecular weight excluding hydrogens is 298 g/mol. The Balaban J connectivity index is 1.71. The van der Waals surface area contributed by atoms with E-state index in [1.165, 1.54) is 6.92 Å². The molecule has 0 bridgehead atoms. The van der Waals surface area contributed by atoms with Crippen molar-refractivity contribution >= 4 is 17.8 Å². The van der Waals surface area contributed by atoms with Crippen LogP contribution in [0.25, 0.3) is 0 Å². The monoisotopic (exact) mass is 311 g/mol. The Morgan fingerprint density at radius 2 is 1.65 bits per heavy atom. The van der Waals surface area contributed by atoms with Crippen molar-refractivity contribution < 1.29 is 24.0 Å². The van der Waals surface area contributed by atoms with E-state index in [0.717, 1.165) is 5.06 Å². The molecule has 3 rings (SSSR count). The zero-order valence-electron chi connectivity index (χ0n) is 12.3. The van der Waals surface area contributed by atoms with Crippen LogP contribution in [0, 0.1) is 0 Å². The quantitative estimate of drug-likeness (QED) is 0.492. The first kappa shape index (κ1) is 14.9. The SMILES string of the molecule is CC(=O)Oc1cccc(CON2C(=O)c3ccccc3C2=O)c1. The van der Waals surface area contributed by atoms with E-state index in [0.29, 0.717) is 22.4 Å². The van der Waals surface area contributed by atoms with Crippen molar-refractivity contribution in [2.75, 3.05) is 0 Å². The summed E-state index contributed by atoms with van der Waals surface area (Å²) in [6.07, 6.45) is 0. The fourth-order valence-corrected chi connectivity index (χ4v) is 2.29. The second-order valence-corrected chi connectivity index (χ2v) is 4.96. The number of nitrogens with zero attached hydrogens (tertiary/aromatic N) is 1. The Labute approximate surface area is 132 Å². The second kappa shape index (κ2) is 6.02. The molecule has 6 nitrogen and oxygen atoms in total. The normalized spacial score (nSPS) is 13.2. The average Bonchev–Trinajstić information content (AvgIpc) is 2.77. The highest BCUT2D eigenvalue weighted by molar-refractivity contribution is 6.20. The first-order chi connectivity index (χ1) is 11.1. The highest BCUT2D eigenvalue weighted by atomic mass is 16.7. The van der Waals surface area contributed by atoms with Gasteiger partial charge in [-0.15, -0.1) is 5.06 Å². The summed E-state index contributed by atoms with van der Waals surface area (Å²) >= 11 is 0. The summed E-state index contributed by atoms with van der Waals surface area (Å²) in [6.45, 7) is 1.31. The van der Waals surface area contributed by atoms with Gasteiger partial charge in [0.05, 0.1) is 11.1 Å². The van der Waals surface area contributed by atoms with Crippen LogP contribution < -0.4 is 4.74 Å². The van der Waals surface area contributed by atoms with Crippen LogP contribution in [0.3, 0.4) is 0 Å². The van der Waals surface area contributed by atoms with E-state index in [1.807, 2.05) is 0 Å². The van der Waals surface area contributed by atoms with Crippen LogP contribution in [-0.2, 0) is 16.2 Å². The van der Waals surface area contributed by atoms with Crippen molar-refractivity contribution in [2.45, 2.75) is 13.5 Å². The van der Waals surface area contributed by atoms with Crippen LogP contribution in [0.2, 0.25) is 0 Å². The Kier molecular flexibility index (Phi) is 3.91. The number of rotatable bonds is 4. The van der Waals surface area contributed by atoms with Gasteiger partial charge in [0.25, 0.3) is 11.8 Å². The van der Waals surface area contributed by atoms with E-state index >= 15 is 0 Å². The standard InChI is InChI=1S/C17H13NO5/c1-11(19)23-13-6-4-5-12(9-13)10-22-18-16(20)14-7-2-3-8-15(14)17(18)21/h2-9H,10H2,1H3. The van der Waals surface area contributed by atoms with E-state index in [-0.39, 0.29) is 6.61 Å². The lowest BCUT2D eigenvalue weighted by atomic mass is 10.1. The summed E-state index contributed by atoms with van der Waals surface area (Å²) in [5, 5.41) is 0.753. The zero-order chi connectivity index (χ0) is 16.4. The average molecular weight is 311 g/mol. The number of benzene rings is 2. The summed E-state index contributed by atoms with van der Waals surface area (Å²) in [5.41, 5.74) is 1.32. The maximum atomic E-state index is 12.2. The van der Waals surface area contributed by atoms with E-state index in [2.05, 4.69) is 0 Å². The van der Waals surface area contributed by atoms with Crippen molar-refractivity contribution in [1.29, 1.82) is 0 Å².